The number of hydrogen-bond acceptors (Lipinski definition) is 7. The summed E-state index contributed by atoms with van der Waals surface area (Å²) in [7, 11) is -3.99. The Hall–Kier alpha value is -3.13. The third-order valence-electron chi connectivity index (χ3n) is 5.03. The van der Waals surface area contributed by atoms with Crippen LogP contribution in [-0.2, 0) is 19.6 Å². The Balaban J connectivity index is 1.74. The molecule has 2 aromatic carbocycles. The summed E-state index contributed by atoms with van der Waals surface area (Å²) in [6.45, 7) is 1.53. The summed E-state index contributed by atoms with van der Waals surface area (Å²) in [5.74, 6) is -0.369. The van der Waals surface area contributed by atoms with Crippen molar-refractivity contribution in [3.05, 3.63) is 53.5 Å². The van der Waals surface area contributed by atoms with Gasteiger partial charge in [0.1, 0.15) is 11.8 Å². The number of fused-ring (bicyclic) bond motifs is 1. The molecule has 0 aliphatic rings. The average molecular weight is 485 g/mol. The Labute approximate surface area is 196 Å². The fourth-order valence-electron chi connectivity index (χ4n) is 3.27. The van der Waals surface area contributed by atoms with Gasteiger partial charge < -0.3 is 10.1 Å². The van der Waals surface area contributed by atoms with Crippen molar-refractivity contribution in [3.8, 4) is 6.07 Å². The van der Waals surface area contributed by atoms with Gasteiger partial charge in [-0.2, -0.15) is 9.98 Å². The number of rotatable bonds is 11. The van der Waals surface area contributed by atoms with Crippen molar-refractivity contribution in [1.29, 1.82) is 5.26 Å². The third kappa shape index (κ3) is 6.92. The van der Waals surface area contributed by atoms with Crippen molar-refractivity contribution in [1.82, 2.24) is 9.71 Å². The molecule has 0 aliphatic carbocycles. The molecule has 0 spiro atoms. The number of aromatic nitrogens is 1. The zero-order chi connectivity index (χ0) is 23.8. The number of Topliss-reactive ketones (excluding diaryl/α,β-unsaturated/α-hetero) is 1. The fourth-order valence-corrected chi connectivity index (χ4v) is 5.22. The quantitative estimate of drug-likeness (QED) is 0.396. The first-order valence-corrected chi connectivity index (χ1v) is 12.8. The van der Waals surface area contributed by atoms with E-state index in [0.717, 1.165) is 10.2 Å². The van der Waals surface area contributed by atoms with Gasteiger partial charge in [0.25, 0.3) is 0 Å². The molecule has 0 radical (unpaired) electrons. The normalized spacial score (nSPS) is 12.2. The second-order valence-electron chi connectivity index (χ2n) is 7.64. The summed E-state index contributed by atoms with van der Waals surface area (Å²) in [4.78, 5) is 28.3. The average Bonchev–Trinajstić information content (AvgIpc) is 3.25. The van der Waals surface area contributed by atoms with E-state index in [1.165, 1.54) is 42.5 Å². The van der Waals surface area contributed by atoms with E-state index in [4.69, 9.17) is 5.26 Å². The van der Waals surface area contributed by atoms with Gasteiger partial charge in [0.05, 0.1) is 32.3 Å². The Bertz CT molecular complexity index is 1280. The van der Waals surface area contributed by atoms with E-state index in [-0.39, 0.29) is 17.1 Å². The van der Waals surface area contributed by atoms with Crippen molar-refractivity contribution < 1.29 is 18.0 Å². The Morgan fingerprint density at radius 2 is 1.88 bits per heavy atom. The molecule has 0 aliphatic heterocycles. The van der Waals surface area contributed by atoms with Gasteiger partial charge in [0, 0.05) is 12.1 Å². The molecule has 3 aromatic rings. The van der Waals surface area contributed by atoms with E-state index in [0.29, 0.717) is 36.9 Å². The minimum absolute atomic E-state index is 0.0260. The van der Waals surface area contributed by atoms with E-state index in [1.54, 1.807) is 23.7 Å². The summed E-state index contributed by atoms with van der Waals surface area (Å²) < 4.78 is 29.2. The Morgan fingerprint density at radius 1 is 1.12 bits per heavy atom. The first-order chi connectivity index (χ1) is 15.8. The molecule has 1 aromatic heterocycles. The minimum atomic E-state index is -3.99. The fraction of sp³-hybridized carbons (Fsp3) is 0.304. The highest BCUT2D eigenvalue weighted by atomic mass is 32.2. The maximum Gasteiger partial charge on any atom is 0.242 e. The topological polar surface area (TPSA) is 129 Å². The molecule has 0 bridgehead atoms. The number of benzene rings is 2. The standard InChI is InChI=1S/C23H24N4O4S2/c1-16(28)5-3-2-4-6-21(27-33(30,31)19-10-7-17(14-24)8-11-19)23(29)26-18-9-12-20-22(13-18)32-15-25-20/h7-13,15,21,27H,2-6H2,1H3,(H,26,29)/t21-/m0/s1. The van der Waals surface area contributed by atoms with Crippen molar-refractivity contribution in [2.75, 3.05) is 5.32 Å². The number of nitrogens with zero attached hydrogens (tertiary/aromatic N) is 2. The van der Waals surface area contributed by atoms with Gasteiger partial charge in [-0.05, 0) is 62.2 Å². The van der Waals surface area contributed by atoms with E-state index >= 15 is 0 Å². The van der Waals surface area contributed by atoms with Crippen molar-refractivity contribution >= 4 is 49.0 Å². The number of nitriles is 1. The molecule has 8 nitrogen and oxygen atoms in total. The van der Waals surface area contributed by atoms with Crippen LogP contribution in [0.4, 0.5) is 5.69 Å². The zero-order valence-corrected chi connectivity index (χ0v) is 19.7. The van der Waals surface area contributed by atoms with E-state index in [9.17, 15) is 18.0 Å². The van der Waals surface area contributed by atoms with Gasteiger partial charge >= 0.3 is 0 Å². The summed E-state index contributed by atoms with van der Waals surface area (Å²) in [6.07, 6.45) is 2.71. The number of amides is 1. The van der Waals surface area contributed by atoms with Gasteiger partial charge in [-0.1, -0.05) is 12.8 Å². The van der Waals surface area contributed by atoms with E-state index in [1.807, 2.05) is 6.07 Å². The molecular weight excluding hydrogens is 460 g/mol. The number of thiazole rings is 1. The highest BCUT2D eigenvalue weighted by Crippen LogP contribution is 2.22. The van der Waals surface area contributed by atoms with Crippen LogP contribution in [0, 0.1) is 11.3 Å². The van der Waals surface area contributed by atoms with Crippen molar-refractivity contribution in [2.45, 2.75) is 50.0 Å². The minimum Gasteiger partial charge on any atom is -0.325 e. The maximum atomic E-state index is 13.0. The molecule has 10 heteroatoms. The molecule has 0 unspecified atom stereocenters. The van der Waals surface area contributed by atoms with E-state index < -0.39 is 22.0 Å². The molecule has 172 valence electrons. The second-order valence-corrected chi connectivity index (χ2v) is 10.2. The predicted molar refractivity (Wildman–Crippen MR) is 127 cm³/mol. The SMILES string of the molecule is CC(=O)CCCCC[C@H](NS(=O)(=O)c1ccc(C#N)cc1)C(=O)Nc1ccc2ncsc2c1. The first kappa shape index (κ1) is 24.5. The number of nitrogens with one attached hydrogen (secondary N) is 2. The number of unbranched alkanes of at least 4 members (excludes halogenated alkanes) is 2. The second kappa shape index (κ2) is 11.1. The molecule has 0 saturated carbocycles. The molecule has 1 amide bonds. The summed E-state index contributed by atoms with van der Waals surface area (Å²) in [6, 6.07) is 11.7. The molecule has 3 rings (SSSR count). The van der Waals surface area contributed by atoms with Gasteiger partial charge in [-0.25, -0.2) is 13.4 Å². The Morgan fingerprint density at radius 3 is 2.58 bits per heavy atom. The van der Waals surface area contributed by atoms with Crippen LogP contribution >= 0.6 is 11.3 Å². The number of sulfonamides is 1. The number of carbonyl (C=O) groups excluding carboxylic acids is 2. The maximum absolute atomic E-state index is 13.0. The van der Waals surface area contributed by atoms with Crippen molar-refractivity contribution in [2.24, 2.45) is 0 Å². The van der Waals surface area contributed by atoms with E-state index in [2.05, 4.69) is 15.0 Å². The largest absolute Gasteiger partial charge is 0.325 e. The van der Waals surface area contributed by atoms with Crippen LogP contribution in [-0.4, -0.2) is 31.1 Å². The van der Waals surface area contributed by atoms with Crippen LogP contribution in [0.2, 0.25) is 0 Å². The number of anilines is 1. The molecular formula is C23H24N4O4S2. The monoisotopic (exact) mass is 484 g/mol. The van der Waals surface area contributed by atoms with Crippen LogP contribution in [0.1, 0.15) is 44.6 Å². The molecule has 2 N–H and O–H groups in total. The molecule has 1 atom stereocenters. The summed E-state index contributed by atoms with van der Waals surface area (Å²) in [5, 5.41) is 11.7. The molecule has 1 heterocycles. The van der Waals surface area contributed by atoms with Gasteiger partial charge in [-0.15, -0.1) is 11.3 Å². The van der Waals surface area contributed by atoms with Crippen LogP contribution in [0.5, 0.6) is 0 Å². The lowest BCUT2D eigenvalue weighted by Gasteiger charge is -2.19. The molecule has 0 fully saturated rings. The lowest BCUT2D eigenvalue weighted by molar-refractivity contribution is -0.118. The molecule has 33 heavy (non-hydrogen) atoms. The highest BCUT2D eigenvalue weighted by Gasteiger charge is 2.26. The first-order valence-electron chi connectivity index (χ1n) is 10.4. The third-order valence-corrected chi connectivity index (χ3v) is 7.31. The summed E-state index contributed by atoms with van der Waals surface area (Å²) in [5.41, 5.74) is 3.43. The number of hydrogen-bond donors (Lipinski definition) is 2. The number of ketones is 1. The lowest BCUT2D eigenvalue weighted by atomic mass is 10.1. The smallest absolute Gasteiger partial charge is 0.242 e. The van der Waals surface area contributed by atoms with Crippen molar-refractivity contribution in [3.63, 3.8) is 0 Å². The van der Waals surface area contributed by atoms with Crippen LogP contribution in [0.15, 0.2) is 52.9 Å². The zero-order valence-electron chi connectivity index (χ0n) is 18.1. The van der Waals surface area contributed by atoms with Gasteiger partial charge in [-0.3, -0.25) is 4.79 Å². The van der Waals surface area contributed by atoms with Crippen LogP contribution in [0.25, 0.3) is 10.2 Å². The summed E-state index contributed by atoms with van der Waals surface area (Å²) >= 11 is 1.44. The highest BCUT2D eigenvalue weighted by molar-refractivity contribution is 7.89. The van der Waals surface area contributed by atoms with Crippen LogP contribution < -0.4 is 10.0 Å². The predicted octanol–water partition coefficient (Wildman–Crippen LogP) is 3.99. The number of carbonyl (C=O) groups is 2. The molecule has 0 saturated heterocycles. The van der Waals surface area contributed by atoms with Gasteiger partial charge in [0.2, 0.25) is 15.9 Å². The lowest BCUT2D eigenvalue weighted by Crippen LogP contribution is -2.43. The van der Waals surface area contributed by atoms with Crippen LogP contribution in [0.3, 0.4) is 0 Å². The Kier molecular flexibility index (Phi) is 8.27. The van der Waals surface area contributed by atoms with Gasteiger partial charge in [0.15, 0.2) is 0 Å².